The highest BCUT2D eigenvalue weighted by Crippen LogP contribution is 2.20. The van der Waals surface area contributed by atoms with Crippen molar-refractivity contribution in [1.29, 1.82) is 0 Å². The van der Waals surface area contributed by atoms with Crippen LogP contribution in [-0.2, 0) is 11.3 Å². The van der Waals surface area contributed by atoms with Crippen molar-refractivity contribution in [1.82, 2.24) is 24.9 Å². The van der Waals surface area contributed by atoms with Crippen LogP contribution in [0.5, 0.6) is 0 Å². The molecular formula is C19H31N5O2. The number of aryl methyl sites for hydroxylation is 3. The lowest BCUT2D eigenvalue weighted by Crippen LogP contribution is -2.47. The van der Waals surface area contributed by atoms with Crippen LogP contribution in [0.2, 0.25) is 0 Å². The summed E-state index contributed by atoms with van der Waals surface area (Å²) < 4.78 is 1.99. The molecule has 7 nitrogen and oxygen atoms in total. The normalized spacial score (nSPS) is 18.4. The number of hydrogen-bond donors (Lipinski definition) is 1. The van der Waals surface area contributed by atoms with E-state index in [1.54, 1.807) is 0 Å². The Bertz CT molecular complexity index is 628. The molecule has 0 unspecified atom stereocenters. The molecule has 7 heteroatoms. The zero-order valence-electron chi connectivity index (χ0n) is 16.0. The maximum atomic E-state index is 12.4. The summed E-state index contributed by atoms with van der Waals surface area (Å²) in [6.07, 6.45) is 4.64. The predicted octanol–water partition coefficient (Wildman–Crippen LogP) is 1.93. The van der Waals surface area contributed by atoms with Crippen molar-refractivity contribution in [2.24, 2.45) is 5.92 Å². The minimum absolute atomic E-state index is 0.0336. The summed E-state index contributed by atoms with van der Waals surface area (Å²) >= 11 is 0. The minimum Gasteiger partial charge on any atom is -0.356 e. The number of hydrogen-bond acceptors (Lipinski definition) is 3. The van der Waals surface area contributed by atoms with Gasteiger partial charge in [-0.1, -0.05) is 0 Å². The third kappa shape index (κ3) is 4.56. The SMILES string of the molecule is Cc1cc(C)n(CCCNC(=O)C2CCN(C(=O)N3CCCC3)CC2)n1. The van der Waals surface area contributed by atoms with E-state index >= 15 is 0 Å². The maximum absolute atomic E-state index is 12.4. The number of rotatable bonds is 5. The van der Waals surface area contributed by atoms with Gasteiger partial charge in [-0.15, -0.1) is 0 Å². The van der Waals surface area contributed by atoms with Gasteiger partial charge >= 0.3 is 6.03 Å². The summed E-state index contributed by atoms with van der Waals surface area (Å²) in [7, 11) is 0. The van der Waals surface area contributed by atoms with Crippen molar-refractivity contribution >= 4 is 11.9 Å². The molecular weight excluding hydrogens is 330 g/mol. The number of urea groups is 1. The van der Waals surface area contributed by atoms with Crippen molar-refractivity contribution in [3.05, 3.63) is 17.5 Å². The Morgan fingerprint density at radius 2 is 1.77 bits per heavy atom. The van der Waals surface area contributed by atoms with Crippen molar-refractivity contribution in [3.8, 4) is 0 Å². The molecule has 0 radical (unpaired) electrons. The lowest BCUT2D eigenvalue weighted by molar-refractivity contribution is -0.126. The van der Waals surface area contributed by atoms with E-state index in [0.29, 0.717) is 19.6 Å². The molecule has 0 saturated carbocycles. The Balaban J connectivity index is 1.34. The first-order chi connectivity index (χ1) is 12.5. The fourth-order valence-electron chi connectivity index (χ4n) is 3.93. The first-order valence-corrected chi connectivity index (χ1v) is 9.87. The first kappa shape index (κ1) is 18.7. The number of carbonyl (C=O) groups is 2. The molecule has 0 spiro atoms. The molecule has 3 amide bonds. The smallest absolute Gasteiger partial charge is 0.319 e. The average Bonchev–Trinajstić information content (AvgIpc) is 3.28. The summed E-state index contributed by atoms with van der Waals surface area (Å²) in [6, 6.07) is 2.22. The van der Waals surface area contributed by atoms with Crippen molar-refractivity contribution in [2.45, 2.75) is 52.5 Å². The molecule has 144 valence electrons. The van der Waals surface area contributed by atoms with Crippen LogP contribution in [-0.4, -0.2) is 64.2 Å². The van der Waals surface area contributed by atoms with E-state index in [9.17, 15) is 9.59 Å². The third-order valence-corrected chi connectivity index (χ3v) is 5.46. The first-order valence-electron chi connectivity index (χ1n) is 9.87. The molecule has 2 aliphatic rings. The molecule has 2 saturated heterocycles. The number of carbonyl (C=O) groups excluding carboxylic acids is 2. The number of amides is 3. The molecule has 2 fully saturated rings. The van der Waals surface area contributed by atoms with Gasteiger partial charge < -0.3 is 15.1 Å². The molecule has 0 aromatic carbocycles. The molecule has 1 aromatic heterocycles. The number of aromatic nitrogens is 2. The molecule has 1 aromatic rings. The van der Waals surface area contributed by atoms with E-state index in [4.69, 9.17) is 0 Å². The van der Waals surface area contributed by atoms with E-state index in [1.165, 1.54) is 0 Å². The summed E-state index contributed by atoms with van der Waals surface area (Å²) in [5.74, 6) is 0.165. The van der Waals surface area contributed by atoms with Crippen LogP contribution in [0.25, 0.3) is 0 Å². The zero-order valence-corrected chi connectivity index (χ0v) is 16.0. The van der Waals surface area contributed by atoms with Crippen molar-refractivity contribution in [3.63, 3.8) is 0 Å². The molecule has 0 bridgehead atoms. The van der Waals surface area contributed by atoms with Gasteiger partial charge in [-0.05, 0) is 52.0 Å². The topological polar surface area (TPSA) is 70.5 Å². The van der Waals surface area contributed by atoms with Crippen LogP contribution < -0.4 is 5.32 Å². The second-order valence-electron chi connectivity index (χ2n) is 7.53. The van der Waals surface area contributed by atoms with E-state index in [-0.39, 0.29) is 17.9 Å². The molecule has 26 heavy (non-hydrogen) atoms. The fourth-order valence-corrected chi connectivity index (χ4v) is 3.93. The molecule has 0 atom stereocenters. The Morgan fingerprint density at radius 1 is 1.12 bits per heavy atom. The number of likely N-dealkylation sites (tertiary alicyclic amines) is 2. The number of piperidine rings is 1. The quantitative estimate of drug-likeness (QED) is 0.815. The number of nitrogens with zero attached hydrogens (tertiary/aromatic N) is 4. The van der Waals surface area contributed by atoms with E-state index < -0.39 is 0 Å². The Hall–Kier alpha value is -2.05. The fraction of sp³-hybridized carbons (Fsp3) is 0.737. The molecule has 2 aliphatic heterocycles. The maximum Gasteiger partial charge on any atom is 0.319 e. The summed E-state index contributed by atoms with van der Waals surface area (Å²) in [5.41, 5.74) is 2.19. The standard InChI is InChI=1S/C19H31N5O2/c1-15-14-16(2)24(21-15)11-5-8-20-18(25)17-6-12-23(13-7-17)19(26)22-9-3-4-10-22/h14,17H,3-13H2,1-2H3,(H,20,25). The van der Waals surface area contributed by atoms with Gasteiger partial charge in [0, 0.05) is 50.9 Å². The van der Waals surface area contributed by atoms with E-state index in [2.05, 4.69) is 23.4 Å². The monoisotopic (exact) mass is 361 g/mol. The summed E-state index contributed by atoms with van der Waals surface area (Å²) in [6.45, 7) is 8.69. The van der Waals surface area contributed by atoms with Crippen molar-refractivity contribution in [2.75, 3.05) is 32.7 Å². The van der Waals surface area contributed by atoms with Crippen LogP contribution in [0.4, 0.5) is 4.79 Å². The minimum atomic E-state index is 0.0336. The van der Waals surface area contributed by atoms with Gasteiger partial charge in [-0.2, -0.15) is 5.10 Å². The van der Waals surface area contributed by atoms with Crippen LogP contribution >= 0.6 is 0 Å². The second-order valence-corrected chi connectivity index (χ2v) is 7.53. The molecule has 0 aliphatic carbocycles. The van der Waals surface area contributed by atoms with Gasteiger partial charge in [0.05, 0.1) is 5.69 Å². The van der Waals surface area contributed by atoms with Gasteiger partial charge in [0.15, 0.2) is 0 Å². The highest BCUT2D eigenvalue weighted by Gasteiger charge is 2.30. The largest absolute Gasteiger partial charge is 0.356 e. The van der Waals surface area contributed by atoms with Crippen LogP contribution in [0.3, 0.4) is 0 Å². The Labute approximate surface area is 155 Å². The van der Waals surface area contributed by atoms with Gasteiger partial charge in [0.1, 0.15) is 0 Å². The molecule has 3 heterocycles. The summed E-state index contributed by atoms with van der Waals surface area (Å²) in [5, 5.41) is 7.49. The van der Waals surface area contributed by atoms with Gasteiger partial charge in [0.2, 0.25) is 5.91 Å². The Kier molecular flexibility index (Phi) is 6.16. The second kappa shape index (κ2) is 8.56. The van der Waals surface area contributed by atoms with Gasteiger partial charge in [-0.3, -0.25) is 9.48 Å². The lowest BCUT2D eigenvalue weighted by Gasteiger charge is -2.34. The highest BCUT2D eigenvalue weighted by molar-refractivity contribution is 5.79. The molecule has 3 rings (SSSR count). The number of nitrogens with one attached hydrogen (secondary N) is 1. The zero-order chi connectivity index (χ0) is 18.5. The predicted molar refractivity (Wildman–Crippen MR) is 99.8 cm³/mol. The highest BCUT2D eigenvalue weighted by atomic mass is 16.2. The van der Waals surface area contributed by atoms with E-state index in [1.807, 2.05) is 21.4 Å². The lowest BCUT2D eigenvalue weighted by atomic mass is 9.96. The average molecular weight is 361 g/mol. The van der Waals surface area contributed by atoms with Crippen LogP contribution in [0.15, 0.2) is 6.07 Å². The van der Waals surface area contributed by atoms with Gasteiger partial charge in [-0.25, -0.2) is 4.79 Å². The van der Waals surface area contributed by atoms with Crippen LogP contribution in [0, 0.1) is 19.8 Å². The molecule has 1 N–H and O–H groups in total. The third-order valence-electron chi connectivity index (χ3n) is 5.46. The Morgan fingerprint density at radius 3 is 2.38 bits per heavy atom. The summed E-state index contributed by atoms with van der Waals surface area (Å²) in [4.78, 5) is 28.6. The van der Waals surface area contributed by atoms with E-state index in [0.717, 1.165) is 63.1 Å². The van der Waals surface area contributed by atoms with Crippen molar-refractivity contribution < 1.29 is 9.59 Å². The van der Waals surface area contributed by atoms with Gasteiger partial charge in [0.25, 0.3) is 0 Å². The van der Waals surface area contributed by atoms with Crippen LogP contribution in [0.1, 0.15) is 43.5 Å².